The number of halogens is 1. The Bertz CT molecular complexity index is 339. The molecular weight excluding hydrogens is 226 g/mol. The van der Waals surface area contributed by atoms with Gasteiger partial charge < -0.3 is 4.74 Å². The van der Waals surface area contributed by atoms with E-state index >= 15 is 0 Å². The van der Waals surface area contributed by atoms with E-state index < -0.39 is 12.0 Å². The maximum atomic E-state index is 11.2. The first-order chi connectivity index (χ1) is 6.69. The molecule has 0 amide bonds. The molecule has 1 rings (SSSR count). The van der Waals surface area contributed by atoms with E-state index in [4.69, 9.17) is 11.6 Å². The summed E-state index contributed by atoms with van der Waals surface area (Å²) in [5, 5.41) is 2.72. The lowest BCUT2D eigenvalue weighted by Gasteiger charge is -2.04. The molecule has 76 valence electrons. The van der Waals surface area contributed by atoms with Crippen LogP contribution in [0.4, 0.5) is 0 Å². The van der Waals surface area contributed by atoms with Crippen LogP contribution in [0.3, 0.4) is 0 Å². The van der Waals surface area contributed by atoms with E-state index in [9.17, 15) is 9.70 Å². The van der Waals surface area contributed by atoms with Crippen molar-refractivity contribution in [1.82, 2.24) is 0 Å². The summed E-state index contributed by atoms with van der Waals surface area (Å²) in [5.41, 5.74) is 0. The van der Waals surface area contributed by atoms with Gasteiger partial charge in [-0.15, -0.1) is 16.2 Å². The van der Waals surface area contributed by atoms with E-state index in [-0.39, 0.29) is 6.61 Å². The van der Waals surface area contributed by atoms with Crippen molar-refractivity contribution in [3.8, 4) is 0 Å². The maximum absolute atomic E-state index is 11.2. The highest BCUT2D eigenvalue weighted by Crippen LogP contribution is 2.29. The topological polar surface area (TPSA) is 55.7 Å². The molecule has 0 N–H and O–H groups in total. The minimum absolute atomic E-state index is 0.226. The molecule has 0 saturated heterocycles. The number of rotatable bonds is 4. The average molecular weight is 234 g/mol. The molecule has 1 aromatic rings. The summed E-state index contributed by atoms with van der Waals surface area (Å²) in [6.45, 7) is 1.89. The molecule has 6 heteroatoms. The third-order valence-electron chi connectivity index (χ3n) is 1.48. The SMILES string of the molecule is CCOC(=O)C(N=O)c1ccc(Cl)s1. The summed E-state index contributed by atoms with van der Waals surface area (Å²) in [6.07, 6.45) is 0. The molecule has 0 fully saturated rings. The van der Waals surface area contributed by atoms with Crippen molar-refractivity contribution >= 4 is 28.9 Å². The van der Waals surface area contributed by atoms with Gasteiger partial charge in [-0.3, -0.25) is 0 Å². The standard InChI is InChI=1S/C8H8ClNO3S/c1-2-13-8(11)7(10-12)5-3-4-6(9)14-5/h3-4,7H,2H2,1H3. The molecule has 0 aliphatic rings. The maximum Gasteiger partial charge on any atom is 0.340 e. The van der Waals surface area contributed by atoms with Gasteiger partial charge in [-0.05, 0) is 24.2 Å². The minimum Gasteiger partial charge on any atom is -0.464 e. The largest absolute Gasteiger partial charge is 0.464 e. The molecule has 0 saturated carbocycles. The highest BCUT2D eigenvalue weighted by Gasteiger charge is 2.24. The van der Waals surface area contributed by atoms with Crippen molar-refractivity contribution in [3.63, 3.8) is 0 Å². The van der Waals surface area contributed by atoms with Gasteiger partial charge in [-0.2, -0.15) is 0 Å². The number of carbonyl (C=O) groups is 1. The van der Waals surface area contributed by atoms with Crippen molar-refractivity contribution in [2.24, 2.45) is 5.18 Å². The molecule has 0 aliphatic carbocycles. The van der Waals surface area contributed by atoms with Crippen molar-refractivity contribution in [2.75, 3.05) is 6.61 Å². The second-order valence-corrected chi connectivity index (χ2v) is 4.15. The van der Waals surface area contributed by atoms with Crippen LogP contribution in [-0.4, -0.2) is 12.6 Å². The minimum atomic E-state index is -1.09. The van der Waals surface area contributed by atoms with Crippen molar-refractivity contribution in [2.45, 2.75) is 13.0 Å². The Morgan fingerprint density at radius 1 is 1.71 bits per heavy atom. The van der Waals surface area contributed by atoms with Crippen LogP contribution >= 0.6 is 22.9 Å². The van der Waals surface area contributed by atoms with Crippen molar-refractivity contribution < 1.29 is 9.53 Å². The fourth-order valence-corrected chi connectivity index (χ4v) is 1.99. The predicted molar refractivity (Wildman–Crippen MR) is 54.5 cm³/mol. The fraction of sp³-hybridized carbons (Fsp3) is 0.375. The Morgan fingerprint density at radius 2 is 2.43 bits per heavy atom. The summed E-state index contributed by atoms with van der Waals surface area (Å²) in [5.74, 6) is -0.638. The van der Waals surface area contributed by atoms with Gasteiger partial charge in [0.2, 0.25) is 6.04 Å². The average Bonchev–Trinajstić information content (AvgIpc) is 2.54. The first-order valence-corrected chi connectivity index (χ1v) is 5.12. The van der Waals surface area contributed by atoms with Crippen LogP contribution in [0.15, 0.2) is 17.3 Å². The summed E-state index contributed by atoms with van der Waals surface area (Å²) in [4.78, 5) is 22.2. The molecule has 0 aliphatic heterocycles. The number of carbonyl (C=O) groups excluding carboxylic acids is 1. The monoisotopic (exact) mass is 233 g/mol. The van der Waals surface area contributed by atoms with Gasteiger partial charge in [-0.1, -0.05) is 11.6 Å². The van der Waals surface area contributed by atoms with Crippen LogP contribution in [-0.2, 0) is 9.53 Å². The molecule has 4 nitrogen and oxygen atoms in total. The van der Waals surface area contributed by atoms with Crippen LogP contribution in [0, 0.1) is 4.91 Å². The third kappa shape index (κ3) is 2.52. The molecule has 0 spiro atoms. The quantitative estimate of drug-likeness (QED) is 0.594. The van der Waals surface area contributed by atoms with Gasteiger partial charge >= 0.3 is 5.97 Å². The van der Waals surface area contributed by atoms with Crippen LogP contribution in [0.25, 0.3) is 0 Å². The normalized spacial score (nSPS) is 12.1. The zero-order valence-corrected chi connectivity index (χ0v) is 8.97. The van der Waals surface area contributed by atoms with Crippen LogP contribution in [0.5, 0.6) is 0 Å². The Kier molecular flexibility index (Phi) is 4.03. The van der Waals surface area contributed by atoms with E-state index in [1.165, 1.54) is 0 Å². The molecule has 1 unspecified atom stereocenters. The number of nitrogens with zero attached hydrogens (tertiary/aromatic N) is 1. The molecule has 1 heterocycles. The Hall–Kier alpha value is -0.940. The molecular formula is C8H8ClNO3S. The lowest BCUT2D eigenvalue weighted by Crippen LogP contribution is -2.12. The highest BCUT2D eigenvalue weighted by atomic mass is 35.5. The van der Waals surface area contributed by atoms with E-state index in [1.54, 1.807) is 19.1 Å². The van der Waals surface area contributed by atoms with E-state index in [0.717, 1.165) is 11.3 Å². The Morgan fingerprint density at radius 3 is 2.86 bits per heavy atom. The summed E-state index contributed by atoms with van der Waals surface area (Å²) >= 11 is 6.81. The predicted octanol–water partition coefficient (Wildman–Crippen LogP) is 2.77. The number of nitroso groups, excluding NO2 is 1. The highest BCUT2D eigenvalue weighted by molar-refractivity contribution is 7.16. The van der Waals surface area contributed by atoms with Gasteiger partial charge in [0.05, 0.1) is 10.9 Å². The Balaban J connectivity index is 2.81. The summed E-state index contributed by atoms with van der Waals surface area (Å²) in [7, 11) is 0. The number of ether oxygens (including phenoxy) is 1. The smallest absolute Gasteiger partial charge is 0.340 e. The van der Waals surface area contributed by atoms with Gasteiger partial charge in [0.15, 0.2) is 0 Å². The van der Waals surface area contributed by atoms with Crippen LogP contribution in [0.1, 0.15) is 17.8 Å². The first kappa shape index (κ1) is 11.1. The first-order valence-electron chi connectivity index (χ1n) is 3.93. The van der Waals surface area contributed by atoms with Crippen LogP contribution < -0.4 is 0 Å². The fourth-order valence-electron chi connectivity index (χ4n) is 0.908. The molecule has 0 radical (unpaired) electrons. The van der Waals surface area contributed by atoms with E-state index in [2.05, 4.69) is 9.91 Å². The van der Waals surface area contributed by atoms with E-state index in [0.29, 0.717) is 9.21 Å². The molecule has 0 aromatic carbocycles. The second kappa shape index (κ2) is 5.07. The number of hydrogen-bond acceptors (Lipinski definition) is 5. The molecule has 14 heavy (non-hydrogen) atoms. The van der Waals surface area contributed by atoms with Crippen molar-refractivity contribution in [1.29, 1.82) is 0 Å². The van der Waals surface area contributed by atoms with Crippen molar-refractivity contribution in [3.05, 3.63) is 26.3 Å². The zero-order valence-electron chi connectivity index (χ0n) is 7.40. The summed E-state index contributed by atoms with van der Waals surface area (Å²) in [6, 6.07) is 2.11. The number of hydrogen-bond donors (Lipinski definition) is 0. The third-order valence-corrected chi connectivity index (χ3v) is 2.76. The van der Waals surface area contributed by atoms with Gasteiger partial charge in [0.25, 0.3) is 0 Å². The zero-order chi connectivity index (χ0) is 10.6. The summed E-state index contributed by atoms with van der Waals surface area (Å²) < 4.78 is 5.20. The molecule has 1 atom stereocenters. The number of thiophene rings is 1. The van der Waals surface area contributed by atoms with Crippen LogP contribution in [0.2, 0.25) is 4.34 Å². The molecule has 0 bridgehead atoms. The lowest BCUT2D eigenvalue weighted by atomic mass is 10.2. The van der Waals surface area contributed by atoms with E-state index in [1.807, 2.05) is 0 Å². The second-order valence-electron chi connectivity index (χ2n) is 2.40. The van der Waals surface area contributed by atoms with Gasteiger partial charge in [0, 0.05) is 4.88 Å². The van der Waals surface area contributed by atoms with Gasteiger partial charge in [-0.25, -0.2) is 4.79 Å². The number of esters is 1. The Labute approximate surface area is 89.8 Å². The van der Waals surface area contributed by atoms with Gasteiger partial charge in [0.1, 0.15) is 0 Å². The lowest BCUT2D eigenvalue weighted by molar-refractivity contribution is -0.144. The molecule has 1 aromatic heterocycles.